The van der Waals surface area contributed by atoms with Crippen LogP contribution in [0.5, 0.6) is 0 Å². The molecule has 0 bridgehead atoms. The molecular weight excluding hydrogens is 419 g/mol. The molecule has 0 aromatic heterocycles. The second-order valence-corrected chi connectivity index (χ2v) is 7.17. The Bertz CT molecular complexity index is 890. The van der Waals surface area contributed by atoms with Gasteiger partial charge in [0, 0.05) is 23.7 Å². The van der Waals surface area contributed by atoms with Gasteiger partial charge in [0.25, 0.3) is 17.5 Å². The topological polar surface area (TPSA) is 106 Å². The number of halogens is 2. The number of non-ortho nitro benzene ring substituents is 1. The predicted octanol–water partition coefficient (Wildman–Crippen LogP) is 2.06. The average molecular weight is 440 g/mol. The number of hydrogen-bond acceptors (Lipinski definition) is 4. The van der Waals surface area contributed by atoms with Crippen LogP contribution in [0, 0.1) is 10.1 Å². The highest BCUT2D eigenvalue weighted by atomic mass is 35.5. The fourth-order valence-electron chi connectivity index (χ4n) is 2.55. The van der Waals surface area contributed by atoms with Crippen LogP contribution in [0.15, 0.2) is 42.5 Å². The van der Waals surface area contributed by atoms with E-state index in [0.29, 0.717) is 18.1 Å². The molecular formula is C19H21Cl2N4O4+. The van der Waals surface area contributed by atoms with Gasteiger partial charge in [-0.05, 0) is 30.7 Å². The summed E-state index contributed by atoms with van der Waals surface area (Å²) in [4.78, 5) is 35.5. The standard InChI is InChI=1S/C19H20Cl2N4O4/c1-2-24(11-18(26)22-10-13-3-5-14(20)6-4-13)12-19(27)23-17-9-15(25(28)29)7-8-16(17)21/h3-9H,2,10-12H2,1H3,(H,22,26)(H,23,27)/p+1. The van der Waals surface area contributed by atoms with Crippen LogP contribution in [-0.4, -0.2) is 36.4 Å². The van der Waals surface area contributed by atoms with Gasteiger partial charge in [0.1, 0.15) is 0 Å². The molecule has 0 saturated heterocycles. The zero-order valence-corrected chi connectivity index (χ0v) is 17.2. The molecule has 2 amide bonds. The monoisotopic (exact) mass is 439 g/mol. The number of nitro groups is 1. The van der Waals surface area contributed by atoms with Crippen LogP contribution in [0.3, 0.4) is 0 Å². The summed E-state index contributed by atoms with van der Waals surface area (Å²) in [6.07, 6.45) is 0. The number of nitrogens with one attached hydrogen (secondary N) is 3. The Morgan fingerprint density at radius 3 is 2.34 bits per heavy atom. The fourth-order valence-corrected chi connectivity index (χ4v) is 2.84. The van der Waals surface area contributed by atoms with Crippen LogP contribution in [0.1, 0.15) is 12.5 Å². The minimum Gasteiger partial charge on any atom is -0.347 e. The van der Waals surface area contributed by atoms with E-state index in [9.17, 15) is 19.7 Å². The molecule has 29 heavy (non-hydrogen) atoms. The molecule has 1 atom stereocenters. The van der Waals surface area contributed by atoms with Crippen LogP contribution in [0.25, 0.3) is 0 Å². The third kappa shape index (κ3) is 7.34. The third-order valence-corrected chi connectivity index (χ3v) is 4.74. The van der Waals surface area contributed by atoms with E-state index in [1.54, 1.807) is 12.1 Å². The van der Waals surface area contributed by atoms with Crippen molar-refractivity contribution in [1.82, 2.24) is 5.32 Å². The summed E-state index contributed by atoms with van der Waals surface area (Å²) in [5.74, 6) is -0.590. The highest BCUT2D eigenvalue weighted by Gasteiger charge is 2.18. The van der Waals surface area contributed by atoms with Gasteiger partial charge in [-0.25, -0.2) is 0 Å². The zero-order valence-electron chi connectivity index (χ0n) is 15.7. The van der Waals surface area contributed by atoms with Gasteiger partial charge in [-0.1, -0.05) is 35.3 Å². The van der Waals surface area contributed by atoms with Crippen LogP contribution in [-0.2, 0) is 16.1 Å². The number of carbonyl (C=O) groups is 2. The molecule has 8 nitrogen and oxygen atoms in total. The molecule has 3 N–H and O–H groups in total. The van der Waals surface area contributed by atoms with Gasteiger partial charge in [0.15, 0.2) is 13.1 Å². The van der Waals surface area contributed by atoms with E-state index in [4.69, 9.17) is 23.2 Å². The van der Waals surface area contributed by atoms with E-state index >= 15 is 0 Å². The Morgan fingerprint density at radius 1 is 1.07 bits per heavy atom. The van der Waals surface area contributed by atoms with Gasteiger partial charge in [-0.15, -0.1) is 0 Å². The first-order valence-electron chi connectivity index (χ1n) is 8.87. The molecule has 0 heterocycles. The molecule has 0 aliphatic heterocycles. The molecule has 154 valence electrons. The number of quaternary nitrogens is 1. The number of anilines is 1. The van der Waals surface area contributed by atoms with Crippen molar-refractivity contribution in [2.45, 2.75) is 13.5 Å². The van der Waals surface area contributed by atoms with Gasteiger partial charge in [0.05, 0.1) is 22.2 Å². The van der Waals surface area contributed by atoms with Crippen molar-refractivity contribution in [2.24, 2.45) is 0 Å². The third-order valence-electron chi connectivity index (χ3n) is 4.16. The van der Waals surface area contributed by atoms with Gasteiger partial charge >= 0.3 is 0 Å². The predicted molar refractivity (Wildman–Crippen MR) is 111 cm³/mol. The largest absolute Gasteiger partial charge is 0.347 e. The second kappa shape index (κ2) is 10.8. The maximum atomic E-state index is 12.3. The summed E-state index contributed by atoms with van der Waals surface area (Å²) in [7, 11) is 0. The fraction of sp³-hybridized carbons (Fsp3) is 0.263. The molecule has 0 aliphatic rings. The lowest BCUT2D eigenvalue weighted by Gasteiger charge is -2.17. The summed E-state index contributed by atoms with van der Waals surface area (Å²) in [5, 5.41) is 17.1. The van der Waals surface area contributed by atoms with Crippen molar-refractivity contribution >= 4 is 46.4 Å². The number of benzene rings is 2. The SMILES string of the molecule is CC[NH+](CC(=O)NCc1ccc(Cl)cc1)CC(=O)Nc1cc([N+](=O)[O-])ccc1Cl. The van der Waals surface area contributed by atoms with Gasteiger partial charge in [-0.3, -0.25) is 19.7 Å². The molecule has 0 radical (unpaired) electrons. The molecule has 0 saturated carbocycles. The summed E-state index contributed by atoms with van der Waals surface area (Å²) in [5.41, 5.74) is 0.901. The smallest absolute Gasteiger partial charge is 0.279 e. The van der Waals surface area contributed by atoms with Gasteiger partial charge in [0.2, 0.25) is 0 Å². The number of amides is 2. The van der Waals surface area contributed by atoms with Crippen molar-refractivity contribution in [3.8, 4) is 0 Å². The summed E-state index contributed by atoms with van der Waals surface area (Å²) >= 11 is 11.8. The normalized spacial score (nSPS) is 11.6. The van der Waals surface area contributed by atoms with E-state index < -0.39 is 10.8 Å². The summed E-state index contributed by atoms with van der Waals surface area (Å²) in [6.45, 7) is 2.90. The van der Waals surface area contributed by atoms with Crippen LogP contribution in [0.2, 0.25) is 10.0 Å². The van der Waals surface area contributed by atoms with Crippen molar-refractivity contribution in [3.05, 3.63) is 68.2 Å². The lowest BCUT2D eigenvalue weighted by Crippen LogP contribution is -3.13. The van der Waals surface area contributed by atoms with Crippen LogP contribution in [0.4, 0.5) is 11.4 Å². The Kier molecular flexibility index (Phi) is 8.38. The maximum absolute atomic E-state index is 12.3. The number of nitro benzene ring substituents is 1. The minimum atomic E-state index is -0.569. The van der Waals surface area contributed by atoms with E-state index in [2.05, 4.69) is 10.6 Å². The molecule has 0 fully saturated rings. The molecule has 2 aromatic rings. The zero-order chi connectivity index (χ0) is 21.4. The number of carbonyl (C=O) groups excluding carboxylic acids is 2. The highest BCUT2D eigenvalue weighted by molar-refractivity contribution is 6.33. The van der Waals surface area contributed by atoms with E-state index in [1.807, 2.05) is 19.1 Å². The van der Waals surface area contributed by atoms with Crippen molar-refractivity contribution in [2.75, 3.05) is 25.0 Å². The summed E-state index contributed by atoms with van der Waals surface area (Å²) < 4.78 is 0. The molecule has 0 aliphatic carbocycles. The minimum absolute atomic E-state index is 0.0177. The van der Waals surface area contributed by atoms with E-state index in [1.165, 1.54) is 18.2 Å². The first kappa shape index (κ1) is 22.6. The van der Waals surface area contributed by atoms with Crippen molar-refractivity contribution in [3.63, 3.8) is 0 Å². The van der Waals surface area contributed by atoms with E-state index in [0.717, 1.165) is 10.5 Å². The van der Waals surface area contributed by atoms with Gasteiger partial charge in [-0.2, -0.15) is 0 Å². The molecule has 1 unspecified atom stereocenters. The Balaban J connectivity index is 1.87. The Morgan fingerprint density at radius 2 is 1.72 bits per heavy atom. The van der Waals surface area contributed by atoms with E-state index in [-0.39, 0.29) is 35.4 Å². The van der Waals surface area contributed by atoms with Crippen LogP contribution < -0.4 is 15.5 Å². The molecule has 2 aromatic carbocycles. The molecule has 2 rings (SSSR count). The number of likely N-dealkylation sites (N-methyl/N-ethyl adjacent to an activating group) is 1. The highest BCUT2D eigenvalue weighted by Crippen LogP contribution is 2.26. The van der Waals surface area contributed by atoms with Crippen molar-refractivity contribution in [1.29, 1.82) is 0 Å². The maximum Gasteiger partial charge on any atom is 0.279 e. The van der Waals surface area contributed by atoms with Crippen LogP contribution >= 0.6 is 23.2 Å². The summed E-state index contributed by atoms with van der Waals surface area (Å²) in [6, 6.07) is 10.9. The molecule has 10 heteroatoms. The Hall–Kier alpha value is -2.68. The average Bonchev–Trinajstić information content (AvgIpc) is 2.68. The number of hydrogen-bond donors (Lipinski definition) is 3. The quantitative estimate of drug-likeness (QED) is 0.410. The number of nitrogens with zero attached hydrogens (tertiary/aromatic N) is 1. The lowest BCUT2D eigenvalue weighted by molar-refractivity contribution is -0.881. The second-order valence-electron chi connectivity index (χ2n) is 6.33. The van der Waals surface area contributed by atoms with Crippen molar-refractivity contribution < 1.29 is 19.4 Å². The number of rotatable bonds is 9. The Labute approximate surface area is 177 Å². The first-order chi connectivity index (χ1) is 13.8. The first-order valence-corrected chi connectivity index (χ1v) is 9.62. The van der Waals surface area contributed by atoms with Gasteiger partial charge < -0.3 is 15.5 Å². The molecule has 0 spiro atoms. The lowest BCUT2D eigenvalue weighted by atomic mass is 10.2.